The number of Topliss-reactive ketones (excluding diaryl/α,β-unsaturated/α-hetero) is 1. The molecule has 1 fully saturated rings. The van der Waals surface area contributed by atoms with E-state index in [1.807, 2.05) is 19.0 Å². The number of hydrogen-bond donors (Lipinski definition) is 1. The quantitative estimate of drug-likeness (QED) is 0.413. The van der Waals surface area contributed by atoms with Crippen LogP contribution in [0.2, 0.25) is 5.02 Å². The number of benzene rings is 1. The highest BCUT2D eigenvalue weighted by molar-refractivity contribution is 6.46. The van der Waals surface area contributed by atoms with Crippen LogP contribution in [0.3, 0.4) is 0 Å². The predicted octanol–water partition coefficient (Wildman–Crippen LogP) is 3.12. The summed E-state index contributed by atoms with van der Waals surface area (Å²) in [5, 5.41) is 11.5. The number of aliphatic hydroxyl groups is 1. The number of hydrogen-bond acceptors (Lipinski definition) is 6. The topological polar surface area (TPSA) is 83.0 Å². The number of nitrogens with zero attached hydrogens (tertiary/aromatic N) is 3. The van der Waals surface area contributed by atoms with Crippen LogP contribution in [0.4, 0.5) is 0 Å². The Kier molecular flexibility index (Phi) is 6.74. The monoisotopic (exact) mass is 429 g/mol. The van der Waals surface area contributed by atoms with E-state index in [4.69, 9.17) is 16.3 Å². The number of methoxy groups -OCH3 is 1. The molecule has 1 amide bonds. The molecule has 1 atom stereocenters. The molecule has 0 radical (unpaired) electrons. The average Bonchev–Trinajstić information content (AvgIpc) is 2.98. The molecule has 0 spiro atoms. The summed E-state index contributed by atoms with van der Waals surface area (Å²) >= 11 is 6.10. The van der Waals surface area contributed by atoms with Crippen molar-refractivity contribution in [3.05, 3.63) is 64.4 Å². The summed E-state index contributed by atoms with van der Waals surface area (Å²) in [4.78, 5) is 33.5. The largest absolute Gasteiger partial charge is 0.507 e. The van der Waals surface area contributed by atoms with E-state index < -0.39 is 17.7 Å². The van der Waals surface area contributed by atoms with E-state index >= 15 is 0 Å². The predicted molar refractivity (Wildman–Crippen MR) is 114 cm³/mol. The first-order valence-corrected chi connectivity index (χ1v) is 9.90. The van der Waals surface area contributed by atoms with Crippen LogP contribution in [0.5, 0.6) is 5.75 Å². The summed E-state index contributed by atoms with van der Waals surface area (Å²) in [5.74, 6) is -1.37. The molecule has 1 saturated heterocycles. The Bertz CT molecular complexity index is 976. The van der Waals surface area contributed by atoms with Gasteiger partial charge in [0, 0.05) is 24.0 Å². The smallest absolute Gasteiger partial charge is 0.295 e. The van der Waals surface area contributed by atoms with E-state index in [1.54, 1.807) is 36.7 Å². The Balaban J connectivity index is 2.13. The van der Waals surface area contributed by atoms with E-state index in [1.165, 1.54) is 18.1 Å². The number of amides is 1. The third-order valence-electron chi connectivity index (χ3n) is 4.96. The SMILES string of the molecule is COc1ccc(Cl)cc1/C(O)=C1\C(=O)C(=O)N(CCCN(C)C)[C@@H]1c1cccnc1. The normalized spacial score (nSPS) is 18.3. The maximum absolute atomic E-state index is 13.0. The summed E-state index contributed by atoms with van der Waals surface area (Å²) < 4.78 is 5.32. The molecule has 1 aromatic carbocycles. The fourth-order valence-electron chi connectivity index (χ4n) is 3.56. The maximum Gasteiger partial charge on any atom is 0.295 e. The molecule has 2 aromatic rings. The lowest BCUT2D eigenvalue weighted by Gasteiger charge is -2.25. The minimum atomic E-state index is -0.746. The van der Waals surface area contributed by atoms with Crippen molar-refractivity contribution >= 4 is 29.1 Å². The van der Waals surface area contributed by atoms with Gasteiger partial charge < -0.3 is 19.6 Å². The van der Waals surface area contributed by atoms with Gasteiger partial charge in [-0.15, -0.1) is 0 Å². The number of rotatable bonds is 7. The fraction of sp³-hybridized carbons (Fsp3) is 0.318. The maximum atomic E-state index is 13.0. The van der Waals surface area contributed by atoms with Crippen molar-refractivity contribution in [3.8, 4) is 5.75 Å². The van der Waals surface area contributed by atoms with Gasteiger partial charge >= 0.3 is 0 Å². The zero-order valence-corrected chi connectivity index (χ0v) is 17.9. The van der Waals surface area contributed by atoms with Crippen LogP contribution in [0, 0.1) is 0 Å². The summed E-state index contributed by atoms with van der Waals surface area (Å²) in [5.41, 5.74) is 0.896. The van der Waals surface area contributed by atoms with Crippen molar-refractivity contribution < 1.29 is 19.4 Å². The Morgan fingerprint density at radius 1 is 1.30 bits per heavy atom. The molecular weight excluding hydrogens is 406 g/mol. The van der Waals surface area contributed by atoms with E-state index in [0.717, 1.165) is 6.54 Å². The van der Waals surface area contributed by atoms with E-state index in [0.29, 0.717) is 29.3 Å². The van der Waals surface area contributed by atoms with Gasteiger partial charge in [0.05, 0.1) is 24.3 Å². The number of likely N-dealkylation sites (tertiary alicyclic amines) is 1. The Morgan fingerprint density at radius 3 is 2.70 bits per heavy atom. The second kappa shape index (κ2) is 9.28. The summed E-state index contributed by atoms with van der Waals surface area (Å²) in [6, 6.07) is 7.50. The lowest BCUT2D eigenvalue weighted by atomic mass is 9.96. The molecular formula is C22H24ClN3O4. The number of ether oxygens (including phenoxy) is 1. The van der Waals surface area contributed by atoms with Crippen molar-refractivity contribution in [2.75, 3.05) is 34.3 Å². The van der Waals surface area contributed by atoms with Crippen LogP contribution in [-0.4, -0.2) is 65.9 Å². The lowest BCUT2D eigenvalue weighted by Crippen LogP contribution is -2.32. The molecule has 3 rings (SSSR count). The van der Waals surface area contributed by atoms with Gasteiger partial charge in [-0.3, -0.25) is 14.6 Å². The zero-order chi connectivity index (χ0) is 21.8. The molecule has 1 aromatic heterocycles. The molecule has 0 unspecified atom stereocenters. The van der Waals surface area contributed by atoms with E-state index in [9.17, 15) is 14.7 Å². The molecule has 30 heavy (non-hydrogen) atoms. The summed E-state index contributed by atoms with van der Waals surface area (Å²) in [6.07, 6.45) is 3.89. The van der Waals surface area contributed by atoms with Gasteiger partial charge in [-0.2, -0.15) is 0 Å². The van der Waals surface area contributed by atoms with E-state index in [2.05, 4.69) is 4.98 Å². The van der Waals surface area contributed by atoms with Crippen molar-refractivity contribution in [2.45, 2.75) is 12.5 Å². The highest BCUT2D eigenvalue weighted by Crippen LogP contribution is 2.41. The van der Waals surface area contributed by atoms with Crippen LogP contribution in [0.15, 0.2) is 48.3 Å². The summed E-state index contributed by atoms with van der Waals surface area (Å²) in [6.45, 7) is 1.12. The van der Waals surface area contributed by atoms with Crippen LogP contribution < -0.4 is 4.74 Å². The minimum absolute atomic E-state index is 0.00146. The van der Waals surface area contributed by atoms with Gasteiger partial charge in [-0.25, -0.2) is 0 Å². The molecule has 1 aliphatic rings. The first kappa shape index (κ1) is 21.8. The lowest BCUT2D eigenvalue weighted by molar-refractivity contribution is -0.139. The number of aromatic nitrogens is 1. The third-order valence-corrected chi connectivity index (χ3v) is 5.20. The molecule has 8 heteroatoms. The highest BCUT2D eigenvalue weighted by atomic mass is 35.5. The number of carbonyl (C=O) groups is 2. The third kappa shape index (κ3) is 4.32. The number of carbonyl (C=O) groups excluding carboxylic acids is 2. The number of halogens is 1. The number of ketones is 1. The fourth-order valence-corrected chi connectivity index (χ4v) is 3.73. The van der Waals surface area contributed by atoms with Crippen LogP contribution >= 0.6 is 11.6 Å². The van der Waals surface area contributed by atoms with Crippen molar-refractivity contribution in [1.82, 2.24) is 14.8 Å². The highest BCUT2D eigenvalue weighted by Gasteiger charge is 2.46. The van der Waals surface area contributed by atoms with Gasteiger partial charge in [-0.05, 0) is 56.9 Å². The first-order valence-electron chi connectivity index (χ1n) is 9.52. The van der Waals surface area contributed by atoms with Gasteiger partial charge in [0.2, 0.25) is 0 Å². The minimum Gasteiger partial charge on any atom is -0.507 e. The molecule has 158 valence electrons. The molecule has 1 N–H and O–H groups in total. The van der Waals surface area contributed by atoms with Gasteiger partial charge in [0.1, 0.15) is 11.5 Å². The number of aliphatic hydroxyl groups excluding tert-OH is 1. The van der Waals surface area contributed by atoms with Crippen molar-refractivity contribution in [3.63, 3.8) is 0 Å². The molecule has 0 saturated carbocycles. The molecule has 2 heterocycles. The second-order valence-corrected chi connectivity index (χ2v) is 7.72. The molecule has 7 nitrogen and oxygen atoms in total. The van der Waals surface area contributed by atoms with Crippen LogP contribution in [0.1, 0.15) is 23.6 Å². The van der Waals surface area contributed by atoms with Crippen LogP contribution in [-0.2, 0) is 9.59 Å². The Hall–Kier alpha value is -2.90. The van der Waals surface area contributed by atoms with E-state index in [-0.39, 0.29) is 16.9 Å². The van der Waals surface area contributed by atoms with Crippen molar-refractivity contribution in [1.29, 1.82) is 0 Å². The number of pyridine rings is 1. The standard InChI is InChI=1S/C22H24ClN3O4/c1-25(2)10-5-11-26-19(14-6-4-9-24-13-14)18(21(28)22(26)29)20(27)16-12-15(23)7-8-17(16)30-3/h4,6-9,12-13,19,27H,5,10-11H2,1-3H3/b20-18+/t19-/m1/s1. The van der Waals surface area contributed by atoms with Crippen LogP contribution in [0.25, 0.3) is 5.76 Å². The van der Waals surface area contributed by atoms with Crippen molar-refractivity contribution in [2.24, 2.45) is 0 Å². The van der Waals surface area contributed by atoms with Gasteiger partial charge in [0.15, 0.2) is 0 Å². The first-order chi connectivity index (χ1) is 14.3. The molecule has 0 aliphatic carbocycles. The Labute approximate surface area is 180 Å². The molecule has 0 bridgehead atoms. The van der Waals surface area contributed by atoms with Gasteiger partial charge in [-0.1, -0.05) is 17.7 Å². The second-order valence-electron chi connectivity index (χ2n) is 7.28. The Morgan fingerprint density at radius 2 is 2.07 bits per heavy atom. The average molecular weight is 430 g/mol. The summed E-state index contributed by atoms with van der Waals surface area (Å²) in [7, 11) is 5.34. The van der Waals surface area contributed by atoms with Gasteiger partial charge in [0.25, 0.3) is 11.7 Å². The molecule has 1 aliphatic heterocycles. The zero-order valence-electron chi connectivity index (χ0n) is 17.1.